The molecule has 0 radical (unpaired) electrons. The van der Waals surface area contributed by atoms with Crippen LogP contribution in [0.15, 0.2) is 24.3 Å². The normalized spacial score (nSPS) is 21.8. The quantitative estimate of drug-likeness (QED) is 0.453. The molecule has 0 unspecified atom stereocenters. The van der Waals surface area contributed by atoms with Crippen molar-refractivity contribution in [3.05, 3.63) is 29.8 Å². The van der Waals surface area contributed by atoms with Gasteiger partial charge in [0.2, 0.25) is 0 Å². The molecule has 1 aromatic carbocycles. The molecular formula is C14H20BIO. The molecule has 1 aliphatic rings. The van der Waals surface area contributed by atoms with Gasteiger partial charge in [0, 0.05) is 4.43 Å². The van der Waals surface area contributed by atoms with Crippen LogP contribution in [-0.2, 0) is 9.08 Å². The van der Waals surface area contributed by atoms with Gasteiger partial charge in [0.1, 0.15) is 0 Å². The van der Waals surface area contributed by atoms with Crippen molar-refractivity contribution in [2.75, 3.05) is 0 Å². The molecule has 0 spiro atoms. The van der Waals surface area contributed by atoms with Gasteiger partial charge in [-0.1, -0.05) is 60.7 Å². The number of benzene rings is 1. The molecule has 0 bridgehead atoms. The van der Waals surface area contributed by atoms with Crippen LogP contribution < -0.4 is 5.46 Å². The van der Waals surface area contributed by atoms with E-state index in [2.05, 4.69) is 74.6 Å². The highest BCUT2D eigenvalue weighted by Crippen LogP contribution is 2.44. The van der Waals surface area contributed by atoms with E-state index in [0.29, 0.717) is 0 Å². The molecule has 1 nitrogen and oxygen atoms in total. The summed E-state index contributed by atoms with van der Waals surface area (Å²) in [4.78, 5) is 0. The molecule has 0 aliphatic carbocycles. The summed E-state index contributed by atoms with van der Waals surface area (Å²) in [7, 11) is 0. The monoisotopic (exact) mass is 342 g/mol. The second-order valence-corrected chi connectivity index (χ2v) is 6.84. The zero-order valence-corrected chi connectivity index (χ0v) is 13.2. The van der Waals surface area contributed by atoms with Crippen LogP contribution in [-0.4, -0.2) is 12.5 Å². The summed E-state index contributed by atoms with van der Waals surface area (Å²) in [6.07, 6.45) is 1.10. The maximum absolute atomic E-state index is 6.22. The smallest absolute Gasteiger partial charge is 0.327 e. The molecule has 0 saturated carbocycles. The highest BCUT2D eigenvalue weighted by molar-refractivity contribution is 14.1. The van der Waals surface area contributed by atoms with Gasteiger partial charge in [-0.25, -0.2) is 0 Å². The standard InChI is InChI=1S/C14H20BIO/c1-13(2)10-15(17-14(13,3)4)12-7-5-11(9-16)6-8-12/h5-8H,9-10H2,1-4H3. The third-order valence-corrected chi connectivity index (χ3v) is 5.15. The van der Waals surface area contributed by atoms with Crippen LogP contribution in [0, 0.1) is 5.41 Å². The zero-order chi connectivity index (χ0) is 12.7. The molecule has 1 fully saturated rings. The van der Waals surface area contributed by atoms with Crippen LogP contribution in [0.3, 0.4) is 0 Å². The lowest BCUT2D eigenvalue weighted by Gasteiger charge is -2.34. The molecule has 1 saturated heterocycles. The average Bonchev–Trinajstić information content (AvgIpc) is 2.48. The predicted molar refractivity (Wildman–Crippen MR) is 83.3 cm³/mol. The van der Waals surface area contributed by atoms with Gasteiger partial charge in [-0.05, 0) is 36.6 Å². The maximum atomic E-state index is 6.22. The summed E-state index contributed by atoms with van der Waals surface area (Å²) in [6.45, 7) is 9.25. The first kappa shape index (κ1) is 13.4. The van der Waals surface area contributed by atoms with Crippen molar-refractivity contribution in [3.8, 4) is 0 Å². The van der Waals surface area contributed by atoms with Gasteiger partial charge in [0.25, 0.3) is 0 Å². The van der Waals surface area contributed by atoms with Crippen LogP contribution in [0.2, 0.25) is 6.32 Å². The van der Waals surface area contributed by atoms with Gasteiger partial charge >= 0.3 is 6.92 Å². The van der Waals surface area contributed by atoms with Gasteiger partial charge in [-0.15, -0.1) is 0 Å². The van der Waals surface area contributed by atoms with E-state index in [9.17, 15) is 0 Å². The van der Waals surface area contributed by atoms with E-state index in [1.165, 1.54) is 11.0 Å². The molecule has 92 valence electrons. The Morgan fingerprint density at radius 3 is 2.18 bits per heavy atom. The third-order valence-electron chi connectivity index (χ3n) is 4.27. The molecule has 17 heavy (non-hydrogen) atoms. The Morgan fingerprint density at radius 1 is 1.18 bits per heavy atom. The van der Waals surface area contributed by atoms with Crippen molar-refractivity contribution in [2.45, 2.75) is 44.0 Å². The summed E-state index contributed by atoms with van der Waals surface area (Å²) in [5.41, 5.74) is 2.89. The van der Waals surface area contributed by atoms with Crippen LogP contribution in [0.1, 0.15) is 33.3 Å². The molecule has 1 aromatic rings. The van der Waals surface area contributed by atoms with Crippen molar-refractivity contribution in [1.29, 1.82) is 0 Å². The lowest BCUT2D eigenvalue weighted by Crippen LogP contribution is -2.36. The number of rotatable bonds is 2. The Balaban J connectivity index is 2.20. The minimum atomic E-state index is -0.0421. The first-order valence-electron chi connectivity index (χ1n) is 6.18. The molecule has 0 aromatic heterocycles. The molecule has 3 heteroatoms. The highest BCUT2D eigenvalue weighted by atomic mass is 127. The molecule has 0 N–H and O–H groups in total. The van der Waals surface area contributed by atoms with Crippen LogP contribution in [0.5, 0.6) is 0 Å². The second-order valence-electron chi connectivity index (χ2n) is 6.08. The first-order chi connectivity index (χ1) is 7.86. The van der Waals surface area contributed by atoms with Crippen LogP contribution >= 0.6 is 22.6 Å². The first-order valence-corrected chi connectivity index (χ1v) is 7.71. The topological polar surface area (TPSA) is 9.23 Å². The fraction of sp³-hybridized carbons (Fsp3) is 0.571. The minimum absolute atomic E-state index is 0.0421. The van der Waals surface area contributed by atoms with Crippen molar-refractivity contribution in [1.82, 2.24) is 0 Å². The van der Waals surface area contributed by atoms with Crippen molar-refractivity contribution in [3.63, 3.8) is 0 Å². The molecule has 1 heterocycles. The van der Waals surface area contributed by atoms with E-state index < -0.39 is 0 Å². The SMILES string of the molecule is CC1(C)CB(c2ccc(CI)cc2)OC1(C)C. The van der Waals surface area contributed by atoms with E-state index in [1.807, 2.05) is 0 Å². The lowest BCUT2D eigenvalue weighted by molar-refractivity contribution is 0.0375. The Bertz CT molecular complexity index is 381. The summed E-state index contributed by atoms with van der Waals surface area (Å²) in [6, 6.07) is 8.86. The van der Waals surface area contributed by atoms with E-state index in [1.54, 1.807) is 0 Å². The second kappa shape index (κ2) is 4.58. The van der Waals surface area contributed by atoms with Crippen molar-refractivity contribution in [2.24, 2.45) is 5.41 Å². The predicted octanol–water partition coefficient (Wildman–Crippen LogP) is 3.66. The molecule has 0 atom stereocenters. The summed E-state index contributed by atoms with van der Waals surface area (Å²) < 4.78 is 7.29. The van der Waals surface area contributed by atoms with Gasteiger partial charge in [0.05, 0.1) is 5.60 Å². The highest BCUT2D eigenvalue weighted by Gasteiger charge is 2.49. The van der Waals surface area contributed by atoms with E-state index in [0.717, 1.165) is 10.7 Å². The largest absolute Gasteiger partial charge is 0.426 e. The summed E-state index contributed by atoms with van der Waals surface area (Å²) in [5.74, 6) is 0. The number of hydrogen-bond donors (Lipinski definition) is 0. The van der Waals surface area contributed by atoms with E-state index in [-0.39, 0.29) is 17.9 Å². The Morgan fingerprint density at radius 2 is 1.76 bits per heavy atom. The Labute approximate surface area is 119 Å². The summed E-state index contributed by atoms with van der Waals surface area (Å²) in [5, 5.41) is 0. The zero-order valence-electron chi connectivity index (χ0n) is 11.1. The fourth-order valence-electron chi connectivity index (χ4n) is 2.27. The number of halogens is 1. The molecule has 0 amide bonds. The molecule has 2 rings (SSSR count). The van der Waals surface area contributed by atoms with Gasteiger partial charge < -0.3 is 4.65 Å². The summed E-state index contributed by atoms with van der Waals surface area (Å²) >= 11 is 2.39. The fourth-order valence-corrected chi connectivity index (χ4v) is 2.78. The lowest BCUT2D eigenvalue weighted by atomic mass is 9.54. The number of alkyl halides is 1. The van der Waals surface area contributed by atoms with Gasteiger partial charge in [0.15, 0.2) is 0 Å². The minimum Gasteiger partial charge on any atom is -0.426 e. The number of hydrogen-bond acceptors (Lipinski definition) is 1. The van der Waals surface area contributed by atoms with Crippen molar-refractivity contribution >= 4 is 35.0 Å². The van der Waals surface area contributed by atoms with E-state index >= 15 is 0 Å². The van der Waals surface area contributed by atoms with Crippen LogP contribution in [0.25, 0.3) is 0 Å². The van der Waals surface area contributed by atoms with Crippen molar-refractivity contribution < 1.29 is 4.65 Å². The third kappa shape index (κ3) is 2.55. The molecular weight excluding hydrogens is 322 g/mol. The average molecular weight is 342 g/mol. The Hall–Kier alpha value is -0.0251. The van der Waals surface area contributed by atoms with Gasteiger partial charge in [-0.3, -0.25) is 0 Å². The van der Waals surface area contributed by atoms with Gasteiger partial charge in [-0.2, -0.15) is 0 Å². The maximum Gasteiger partial charge on any atom is 0.327 e. The van der Waals surface area contributed by atoms with Crippen LogP contribution in [0.4, 0.5) is 0 Å². The Kier molecular flexibility index (Phi) is 3.61. The molecule has 1 aliphatic heterocycles. The van der Waals surface area contributed by atoms with E-state index in [4.69, 9.17) is 4.65 Å².